The minimum Gasteiger partial charge on any atom is -0.369 e. The predicted octanol–water partition coefficient (Wildman–Crippen LogP) is 1.85. The number of guanidine groups is 1. The number of hydrogen-bond acceptors (Lipinski definition) is 2. The van der Waals surface area contributed by atoms with Gasteiger partial charge >= 0.3 is 0 Å². The summed E-state index contributed by atoms with van der Waals surface area (Å²) in [5.74, 6) is -0.437. The van der Waals surface area contributed by atoms with Gasteiger partial charge in [-0.25, -0.2) is 4.39 Å². The van der Waals surface area contributed by atoms with Crippen molar-refractivity contribution in [2.45, 2.75) is 0 Å². The molecule has 4 N–H and O–H groups in total. The molecule has 0 spiro atoms. The third kappa shape index (κ3) is 3.38. The number of benzene rings is 2. The van der Waals surface area contributed by atoms with Gasteiger partial charge in [-0.1, -0.05) is 30.3 Å². The first-order valence-electron chi connectivity index (χ1n) is 5.65. The first-order chi connectivity index (χ1) is 9.16. The molecule has 2 aromatic rings. The van der Waals surface area contributed by atoms with Gasteiger partial charge in [0, 0.05) is 11.1 Å². The second-order valence-electron chi connectivity index (χ2n) is 3.85. The van der Waals surface area contributed by atoms with Crippen LogP contribution in [0.5, 0.6) is 0 Å². The predicted molar refractivity (Wildman–Crippen MR) is 74.3 cm³/mol. The Balaban J connectivity index is 2.49. The van der Waals surface area contributed by atoms with Crippen LogP contribution in [0.15, 0.2) is 64.8 Å². The Morgan fingerprint density at radius 1 is 0.789 bits per heavy atom. The van der Waals surface area contributed by atoms with Crippen LogP contribution in [0, 0.1) is 5.82 Å². The van der Waals surface area contributed by atoms with E-state index < -0.39 is 0 Å². The molecule has 0 atom stereocenters. The van der Waals surface area contributed by atoms with E-state index in [9.17, 15) is 4.39 Å². The Kier molecular flexibility index (Phi) is 3.87. The Morgan fingerprint density at radius 2 is 1.37 bits per heavy atom. The molecule has 0 radical (unpaired) electrons. The fourth-order valence-electron chi connectivity index (χ4n) is 1.59. The maximum atomic E-state index is 13.0. The van der Waals surface area contributed by atoms with Crippen molar-refractivity contribution in [1.29, 1.82) is 0 Å². The third-order valence-electron chi connectivity index (χ3n) is 2.43. The molecule has 0 heterocycles. The van der Waals surface area contributed by atoms with Gasteiger partial charge in [0.05, 0.1) is 0 Å². The molecule has 0 saturated carbocycles. The van der Waals surface area contributed by atoms with E-state index in [1.165, 1.54) is 12.1 Å². The fourth-order valence-corrected chi connectivity index (χ4v) is 1.59. The molecule has 0 fully saturated rings. The lowest BCUT2D eigenvalue weighted by Gasteiger charge is -2.05. The summed E-state index contributed by atoms with van der Waals surface area (Å²) >= 11 is 0. The minimum absolute atomic E-state index is 0.129. The summed E-state index contributed by atoms with van der Waals surface area (Å²) in [6.07, 6.45) is 0. The van der Waals surface area contributed by atoms with Crippen LogP contribution in [0.25, 0.3) is 0 Å². The second-order valence-corrected chi connectivity index (χ2v) is 3.85. The highest BCUT2D eigenvalue weighted by atomic mass is 19.1. The first-order valence-corrected chi connectivity index (χ1v) is 5.65. The third-order valence-corrected chi connectivity index (χ3v) is 2.43. The number of halogens is 1. The second kappa shape index (κ2) is 5.77. The Morgan fingerprint density at radius 3 is 1.95 bits per heavy atom. The van der Waals surface area contributed by atoms with E-state index in [2.05, 4.69) is 10.2 Å². The normalized spacial score (nSPS) is 11.1. The Labute approximate surface area is 110 Å². The minimum atomic E-state index is -0.307. The van der Waals surface area contributed by atoms with Gasteiger partial charge < -0.3 is 11.5 Å². The van der Waals surface area contributed by atoms with Crippen molar-refractivity contribution in [2.75, 3.05) is 0 Å². The zero-order valence-corrected chi connectivity index (χ0v) is 10.1. The zero-order valence-electron chi connectivity index (χ0n) is 10.1. The van der Waals surface area contributed by atoms with E-state index in [1.54, 1.807) is 12.1 Å². The van der Waals surface area contributed by atoms with Crippen LogP contribution < -0.4 is 11.5 Å². The quantitative estimate of drug-likeness (QED) is 0.499. The van der Waals surface area contributed by atoms with Gasteiger partial charge in [0.1, 0.15) is 11.5 Å². The van der Waals surface area contributed by atoms with Gasteiger partial charge in [-0.05, 0) is 24.3 Å². The average Bonchev–Trinajstić information content (AvgIpc) is 2.42. The molecule has 0 saturated heterocycles. The lowest BCUT2D eigenvalue weighted by Crippen LogP contribution is -2.22. The number of rotatable bonds is 3. The summed E-state index contributed by atoms with van der Waals surface area (Å²) in [5.41, 5.74) is 12.7. The SMILES string of the molecule is NC(N)=N/N=C(\c1ccccc1)c1ccc(F)cc1. The highest BCUT2D eigenvalue weighted by molar-refractivity contribution is 6.12. The standard InChI is InChI=1S/C14H13FN4/c15-12-8-6-11(7-9-12)13(18-19-14(16)17)10-4-2-1-3-5-10/h1-9H,(H4,16,17,19)/b18-13+. The van der Waals surface area contributed by atoms with Crippen molar-refractivity contribution in [1.82, 2.24) is 0 Å². The van der Waals surface area contributed by atoms with Gasteiger partial charge in [-0.2, -0.15) is 0 Å². The summed E-state index contributed by atoms with van der Waals surface area (Å²) in [7, 11) is 0. The number of hydrogen-bond donors (Lipinski definition) is 2. The van der Waals surface area contributed by atoms with Crippen molar-refractivity contribution < 1.29 is 4.39 Å². The molecule has 19 heavy (non-hydrogen) atoms. The van der Waals surface area contributed by atoms with Crippen molar-refractivity contribution >= 4 is 11.7 Å². The van der Waals surface area contributed by atoms with Gasteiger partial charge in [0.25, 0.3) is 0 Å². The number of nitrogens with zero attached hydrogens (tertiary/aromatic N) is 2. The van der Waals surface area contributed by atoms with E-state index >= 15 is 0 Å². The van der Waals surface area contributed by atoms with Gasteiger partial charge in [0.2, 0.25) is 5.96 Å². The van der Waals surface area contributed by atoms with Gasteiger partial charge in [-0.3, -0.25) is 0 Å². The molecule has 2 aromatic carbocycles. The van der Waals surface area contributed by atoms with E-state index in [1.807, 2.05) is 30.3 Å². The summed E-state index contributed by atoms with van der Waals surface area (Å²) in [6.45, 7) is 0. The molecular formula is C14H13FN4. The smallest absolute Gasteiger partial charge is 0.211 e. The van der Waals surface area contributed by atoms with E-state index in [4.69, 9.17) is 11.5 Å². The molecule has 0 amide bonds. The van der Waals surface area contributed by atoms with E-state index in [0.717, 1.165) is 11.1 Å². The maximum absolute atomic E-state index is 13.0. The molecule has 0 aromatic heterocycles. The Hall–Kier alpha value is -2.69. The van der Waals surface area contributed by atoms with Crippen LogP contribution >= 0.6 is 0 Å². The lowest BCUT2D eigenvalue weighted by atomic mass is 10.0. The maximum Gasteiger partial charge on any atom is 0.211 e. The van der Waals surface area contributed by atoms with Crippen LogP contribution in [-0.4, -0.2) is 11.7 Å². The van der Waals surface area contributed by atoms with Gasteiger partial charge in [-0.15, -0.1) is 10.2 Å². The van der Waals surface area contributed by atoms with Crippen LogP contribution in [0.2, 0.25) is 0 Å². The topological polar surface area (TPSA) is 76.8 Å². The van der Waals surface area contributed by atoms with Crippen LogP contribution in [-0.2, 0) is 0 Å². The molecule has 0 bridgehead atoms. The summed E-state index contributed by atoms with van der Waals surface area (Å²) in [6, 6.07) is 15.4. The molecule has 5 heteroatoms. The highest BCUT2D eigenvalue weighted by Crippen LogP contribution is 2.12. The van der Waals surface area contributed by atoms with Crippen LogP contribution in [0.3, 0.4) is 0 Å². The molecule has 2 rings (SSSR count). The molecule has 0 unspecified atom stereocenters. The molecular weight excluding hydrogens is 243 g/mol. The molecule has 0 aliphatic carbocycles. The monoisotopic (exact) mass is 256 g/mol. The summed E-state index contributed by atoms with van der Waals surface area (Å²) in [5, 5.41) is 7.69. The summed E-state index contributed by atoms with van der Waals surface area (Å²) in [4.78, 5) is 0. The highest BCUT2D eigenvalue weighted by Gasteiger charge is 2.06. The zero-order chi connectivity index (χ0) is 13.7. The van der Waals surface area contributed by atoms with Crippen LogP contribution in [0.1, 0.15) is 11.1 Å². The van der Waals surface area contributed by atoms with Crippen molar-refractivity contribution in [3.63, 3.8) is 0 Å². The number of nitrogens with two attached hydrogens (primary N) is 2. The lowest BCUT2D eigenvalue weighted by molar-refractivity contribution is 0.628. The average molecular weight is 256 g/mol. The molecule has 96 valence electrons. The fraction of sp³-hybridized carbons (Fsp3) is 0. The first kappa shape index (κ1) is 12.8. The van der Waals surface area contributed by atoms with Crippen molar-refractivity contribution in [3.8, 4) is 0 Å². The van der Waals surface area contributed by atoms with E-state index in [-0.39, 0.29) is 11.8 Å². The van der Waals surface area contributed by atoms with Crippen molar-refractivity contribution in [3.05, 3.63) is 71.5 Å². The largest absolute Gasteiger partial charge is 0.369 e. The Bertz CT molecular complexity index is 599. The molecule has 4 nitrogen and oxygen atoms in total. The molecule has 0 aliphatic rings. The van der Waals surface area contributed by atoms with Crippen LogP contribution in [0.4, 0.5) is 4.39 Å². The van der Waals surface area contributed by atoms with Crippen molar-refractivity contribution in [2.24, 2.45) is 21.7 Å². The van der Waals surface area contributed by atoms with E-state index in [0.29, 0.717) is 5.71 Å². The van der Waals surface area contributed by atoms with Gasteiger partial charge in [0.15, 0.2) is 0 Å². The summed E-state index contributed by atoms with van der Waals surface area (Å²) < 4.78 is 13.0. The molecule has 0 aliphatic heterocycles.